The second-order valence-electron chi connectivity index (χ2n) is 7.80. The van der Waals surface area contributed by atoms with Gasteiger partial charge in [0.25, 0.3) is 0 Å². The highest BCUT2D eigenvalue weighted by molar-refractivity contribution is 6.39. The van der Waals surface area contributed by atoms with Crippen molar-refractivity contribution in [2.24, 2.45) is 5.73 Å². The summed E-state index contributed by atoms with van der Waals surface area (Å²) in [4.78, 5) is 11.2. The average Bonchev–Trinajstić information content (AvgIpc) is 3.12. The van der Waals surface area contributed by atoms with Crippen LogP contribution in [0.4, 0.5) is 5.82 Å². The molecule has 0 spiro atoms. The van der Waals surface area contributed by atoms with E-state index in [0.717, 1.165) is 41.3 Å². The van der Waals surface area contributed by atoms with E-state index in [2.05, 4.69) is 16.0 Å². The number of fused-ring (bicyclic) bond motifs is 1. The van der Waals surface area contributed by atoms with Crippen molar-refractivity contribution in [2.75, 3.05) is 31.6 Å². The quantitative estimate of drug-likeness (QED) is 0.389. The second-order valence-corrected chi connectivity index (χ2v) is 8.62. The third kappa shape index (κ3) is 4.76. The molecule has 0 radical (unpaired) electrons. The summed E-state index contributed by atoms with van der Waals surface area (Å²) in [6, 6.07) is 9.54. The first-order valence-corrected chi connectivity index (χ1v) is 11.4. The molecule has 4 aromatic rings. The lowest BCUT2D eigenvalue weighted by Crippen LogP contribution is -2.33. The lowest BCUT2D eigenvalue weighted by Gasteiger charge is -2.25. The molecule has 2 N–H and O–H groups in total. The summed E-state index contributed by atoms with van der Waals surface area (Å²) in [5, 5.41) is 5.79. The van der Waals surface area contributed by atoms with Crippen LogP contribution in [0.25, 0.3) is 16.8 Å². The zero-order valence-electron chi connectivity index (χ0n) is 18.8. The summed E-state index contributed by atoms with van der Waals surface area (Å²) in [6.45, 7) is 5.85. The number of rotatable bonds is 8. The van der Waals surface area contributed by atoms with E-state index >= 15 is 0 Å². The lowest BCUT2D eigenvalue weighted by atomic mass is 10.1. The maximum atomic E-state index is 6.62. The first-order chi connectivity index (χ1) is 15.9. The minimum atomic E-state index is 0.484. The zero-order valence-corrected chi connectivity index (χ0v) is 20.4. The monoisotopic (exact) mass is 484 g/mol. The summed E-state index contributed by atoms with van der Waals surface area (Å²) in [6.07, 6.45) is 4.50. The standard InChI is InChI=1S/C24H26Cl2N6O/c1-15-11-21(31(10-7-27)9-6-17-5-4-8-28-14-17)32-24(29-15)22(16(2)30-32)23-19(25)12-18(33-3)13-20(23)26/h4-5,8,11-14H,6-7,9-10,27H2,1-3H3. The number of pyridine rings is 1. The Balaban J connectivity index is 1.83. The third-order valence-electron chi connectivity index (χ3n) is 5.49. The molecule has 0 atom stereocenters. The number of aryl methyl sites for hydroxylation is 2. The molecule has 7 nitrogen and oxygen atoms in total. The van der Waals surface area contributed by atoms with Gasteiger partial charge in [0.05, 0.1) is 28.4 Å². The molecule has 172 valence electrons. The number of aromatic nitrogens is 4. The van der Waals surface area contributed by atoms with E-state index in [1.165, 1.54) is 0 Å². The highest BCUT2D eigenvalue weighted by Crippen LogP contribution is 2.41. The smallest absolute Gasteiger partial charge is 0.165 e. The maximum absolute atomic E-state index is 6.62. The van der Waals surface area contributed by atoms with Gasteiger partial charge in [0.2, 0.25) is 0 Å². The van der Waals surface area contributed by atoms with Crippen molar-refractivity contribution in [1.29, 1.82) is 0 Å². The Labute approximate surface area is 203 Å². The Kier molecular flexibility index (Phi) is 7.02. The van der Waals surface area contributed by atoms with E-state index in [0.29, 0.717) is 40.1 Å². The molecule has 0 saturated carbocycles. The van der Waals surface area contributed by atoms with Crippen molar-refractivity contribution in [3.8, 4) is 16.9 Å². The maximum Gasteiger partial charge on any atom is 0.165 e. The minimum absolute atomic E-state index is 0.484. The Hall–Kier alpha value is -2.87. The van der Waals surface area contributed by atoms with Crippen LogP contribution in [0.5, 0.6) is 5.75 Å². The van der Waals surface area contributed by atoms with Crippen LogP contribution < -0.4 is 15.4 Å². The van der Waals surface area contributed by atoms with Crippen LogP contribution in [0, 0.1) is 13.8 Å². The fraction of sp³-hybridized carbons (Fsp3) is 0.292. The molecule has 0 aliphatic rings. The first kappa shape index (κ1) is 23.3. The van der Waals surface area contributed by atoms with Gasteiger partial charge in [-0.05, 0) is 44.0 Å². The van der Waals surface area contributed by atoms with Crippen LogP contribution in [0.2, 0.25) is 10.0 Å². The fourth-order valence-electron chi connectivity index (χ4n) is 3.96. The van der Waals surface area contributed by atoms with Crippen LogP contribution >= 0.6 is 23.2 Å². The molecule has 1 aromatic carbocycles. The van der Waals surface area contributed by atoms with E-state index in [-0.39, 0.29) is 0 Å². The van der Waals surface area contributed by atoms with Crippen molar-refractivity contribution < 1.29 is 4.74 Å². The van der Waals surface area contributed by atoms with Gasteiger partial charge in [-0.1, -0.05) is 29.3 Å². The molecule has 0 aliphatic carbocycles. The Bertz CT molecular complexity index is 1250. The van der Waals surface area contributed by atoms with Crippen LogP contribution in [0.3, 0.4) is 0 Å². The number of ether oxygens (including phenoxy) is 1. The van der Waals surface area contributed by atoms with Crippen molar-refractivity contribution in [2.45, 2.75) is 20.3 Å². The number of methoxy groups -OCH3 is 1. The van der Waals surface area contributed by atoms with E-state index in [9.17, 15) is 0 Å². The molecular formula is C24H26Cl2N6O. The first-order valence-electron chi connectivity index (χ1n) is 10.7. The van der Waals surface area contributed by atoms with E-state index < -0.39 is 0 Å². The molecule has 3 heterocycles. The summed E-state index contributed by atoms with van der Waals surface area (Å²) in [5.41, 5.74) is 11.0. The molecular weight excluding hydrogens is 459 g/mol. The second kappa shape index (κ2) is 9.95. The largest absolute Gasteiger partial charge is 0.497 e. The third-order valence-corrected chi connectivity index (χ3v) is 6.09. The number of nitrogens with zero attached hydrogens (tertiary/aromatic N) is 5. The van der Waals surface area contributed by atoms with Gasteiger partial charge in [-0.15, -0.1) is 0 Å². The van der Waals surface area contributed by atoms with E-state index in [4.69, 9.17) is 43.8 Å². The lowest BCUT2D eigenvalue weighted by molar-refractivity contribution is 0.415. The molecule has 3 aromatic heterocycles. The highest BCUT2D eigenvalue weighted by atomic mass is 35.5. The van der Waals surface area contributed by atoms with Gasteiger partial charge in [0.15, 0.2) is 5.65 Å². The molecule has 4 rings (SSSR count). The predicted octanol–water partition coefficient (Wildman–Crippen LogP) is 4.73. The summed E-state index contributed by atoms with van der Waals surface area (Å²) in [5.74, 6) is 1.51. The average molecular weight is 485 g/mol. The van der Waals surface area contributed by atoms with Gasteiger partial charge in [-0.25, -0.2) is 4.98 Å². The van der Waals surface area contributed by atoms with Crippen molar-refractivity contribution in [3.63, 3.8) is 0 Å². The Morgan fingerprint density at radius 1 is 1.09 bits per heavy atom. The Morgan fingerprint density at radius 3 is 2.48 bits per heavy atom. The molecule has 0 unspecified atom stereocenters. The van der Waals surface area contributed by atoms with Crippen molar-refractivity contribution in [1.82, 2.24) is 19.6 Å². The van der Waals surface area contributed by atoms with Gasteiger partial charge in [-0.2, -0.15) is 9.61 Å². The molecule has 33 heavy (non-hydrogen) atoms. The summed E-state index contributed by atoms with van der Waals surface area (Å²) in [7, 11) is 1.58. The zero-order chi connectivity index (χ0) is 23.5. The molecule has 0 amide bonds. The van der Waals surface area contributed by atoms with Gasteiger partial charge < -0.3 is 15.4 Å². The van der Waals surface area contributed by atoms with Crippen LogP contribution in [0.15, 0.2) is 42.7 Å². The molecule has 0 fully saturated rings. The Morgan fingerprint density at radius 2 is 1.85 bits per heavy atom. The number of nitrogens with two attached hydrogens (primary N) is 1. The van der Waals surface area contributed by atoms with Gasteiger partial charge in [0.1, 0.15) is 11.6 Å². The number of halogens is 2. The summed E-state index contributed by atoms with van der Waals surface area (Å²) < 4.78 is 7.15. The van der Waals surface area contributed by atoms with Crippen LogP contribution in [-0.4, -0.2) is 46.3 Å². The molecule has 0 aliphatic heterocycles. The minimum Gasteiger partial charge on any atom is -0.497 e. The number of hydrogen-bond donors (Lipinski definition) is 1. The number of hydrogen-bond acceptors (Lipinski definition) is 6. The number of anilines is 1. The normalized spacial score (nSPS) is 11.2. The highest BCUT2D eigenvalue weighted by Gasteiger charge is 2.23. The van der Waals surface area contributed by atoms with Gasteiger partial charge in [0, 0.05) is 49.4 Å². The molecule has 0 saturated heterocycles. The molecule has 0 bridgehead atoms. The molecule has 9 heteroatoms. The van der Waals surface area contributed by atoms with E-state index in [1.54, 1.807) is 25.4 Å². The van der Waals surface area contributed by atoms with Crippen LogP contribution in [-0.2, 0) is 6.42 Å². The predicted molar refractivity (Wildman–Crippen MR) is 134 cm³/mol. The van der Waals surface area contributed by atoms with Crippen molar-refractivity contribution >= 4 is 34.7 Å². The van der Waals surface area contributed by atoms with Gasteiger partial charge >= 0.3 is 0 Å². The van der Waals surface area contributed by atoms with Crippen LogP contribution in [0.1, 0.15) is 17.0 Å². The van der Waals surface area contributed by atoms with Gasteiger partial charge in [-0.3, -0.25) is 4.98 Å². The fourth-order valence-corrected chi connectivity index (χ4v) is 4.61. The number of benzene rings is 1. The van der Waals surface area contributed by atoms with Crippen molar-refractivity contribution in [3.05, 3.63) is 69.7 Å². The van der Waals surface area contributed by atoms with E-state index in [1.807, 2.05) is 36.7 Å². The summed E-state index contributed by atoms with van der Waals surface area (Å²) >= 11 is 13.2. The topological polar surface area (TPSA) is 81.6 Å². The SMILES string of the molecule is COc1cc(Cl)c(-c2c(C)nn3c(N(CCN)CCc4cccnc4)cc(C)nc23)c(Cl)c1.